The van der Waals surface area contributed by atoms with Gasteiger partial charge in [0.25, 0.3) is 0 Å². The fraction of sp³-hybridized carbons (Fsp3) is 0.429. The molecule has 1 aliphatic rings. The molecule has 1 N–H and O–H groups in total. The third kappa shape index (κ3) is 5.13. The van der Waals surface area contributed by atoms with Crippen LogP contribution in [0.4, 0.5) is 5.69 Å². The van der Waals surface area contributed by atoms with Crippen LogP contribution in [0.1, 0.15) is 12.5 Å². The molecule has 1 aliphatic heterocycles. The number of aliphatic hydroxyl groups is 1. The van der Waals surface area contributed by atoms with E-state index in [-0.39, 0.29) is 0 Å². The van der Waals surface area contributed by atoms with Crippen LogP contribution in [0.25, 0.3) is 0 Å². The van der Waals surface area contributed by atoms with Gasteiger partial charge in [0.1, 0.15) is 18.5 Å². The number of anilines is 1. The second-order valence-corrected chi connectivity index (χ2v) is 7.48. The number of hydrogen-bond donors (Lipinski definition) is 1. The van der Waals surface area contributed by atoms with Crippen molar-refractivity contribution in [1.29, 1.82) is 0 Å². The number of piperazine rings is 1. The number of β-amino-alcohol motifs (C(OH)–C–C–N with tert-alkyl or cyclic N) is 1. The van der Waals surface area contributed by atoms with Crippen LogP contribution in [-0.2, 0) is 0 Å². The van der Waals surface area contributed by atoms with E-state index in [0.29, 0.717) is 19.2 Å². The summed E-state index contributed by atoms with van der Waals surface area (Å²) in [5.41, 5.74) is 2.40. The molecule has 0 aliphatic carbocycles. The Labute approximate surface area is 160 Å². The second kappa shape index (κ2) is 8.76. The minimum absolute atomic E-state index is 0.313. The van der Waals surface area contributed by atoms with E-state index in [1.165, 1.54) is 11.3 Å². The molecule has 4 nitrogen and oxygen atoms in total. The van der Waals surface area contributed by atoms with Crippen molar-refractivity contribution in [2.45, 2.75) is 26.0 Å². The first-order chi connectivity index (χ1) is 12.5. The Morgan fingerprint density at radius 2 is 1.81 bits per heavy atom. The van der Waals surface area contributed by atoms with Gasteiger partial charge >= 0.3 is 0 Å². The molecule has 3 rings (SSSR count). The number of aryl methyl sites for hydroxylation is 1. The number of benzene rings is 2. The van der Waals surface area contributed by atoms with E-state index in [2.05, 4.69) is 28.9 Å². The third-order valence-corrected chi connectivity index (χ3v) is 5.12. The molecule has 0 aromatic heterocycles. The van der Waals surface area contributed by atoms with Gasteiger partial charge in [-0.05, 0) is 50.2 Å². The standard InChI is InChI=1S/C21H27ClN2O2/c1-16-3-9-21(10-4-16)26-15-20(25)14-23-11-12-24(13-17(23)2)19-7-5-18(22)6-8-19/h3-10,17,20,25H,11-15H2,1-2H3/t17-,20+/m1/s1. The molecule has 0 unspecified atom stereocenters. The molecule has 1 saturated heterocycles. The minimum atomic E-state index is -0.499. The monoisotopic (exact) mass is 374 g/mol. The Hall–Kier alpha value is -1.75. The molecule has 140 valence electrons. The summed E-state index contributed by atoms with van der Waals surface area (Å²) in [6.45, 7) is 7.99. The van der Waals surface area contributed by atoms with Crippen LogP contribution in [0.5, 0.6) is 5.75 Å². The molecule has 0 spiro atoms. The average molecular weight is 375 g/mol. The van der Waals surface area contributed by atoms with Crippen LogP contribution in [0.3, 0.4) is 0 Å². The molecule has 2 aromatic carbocycles. The van der Waals surface area contributed by atoms with Crippen LogP contribution in [0.2, 0.25) is 5.02 Å². The molecule has 1 fully saturated rings. The van der Waals surface area contributed by atoms with Crippen molar-refractivity contribution >= 4 is 17.3 Å². The van der Waals surface area contributed by atoms with E-state index in [0.717, 1.165) is 30.4 Å². The Bertz CT molecular complexity index is 690. The normalized spacial score (nSPS) is 19.4. The first kappa shape index (κ1) is 19.0. The van der Waals surface area contributed by atoms with Crippen LogP contribution in [0.15, 0.2) is 48.5 Å². The van der Waals surface area contributed by atoms with Gasteiger partial charge in [-0.3, -0.25) is 4.90 Å². The van der Waals surface area contributed by atoms with Crippen molar-refractivity contribution in [1.82, 2.24) is 4.90 Å². The SMILES string of the molecule is Cc1ccc(OC[C@@H](O)CN2CCN(c3ccc(Cl)cc3)C[C@H]2C)cc1. The van der Waals surface area contributed by atoms with Gasteiger partial charge in [0.05, 0.1) is 0 Å². The molecule has 0 radical (unpaired) electrons. The summed E-state index contributed by atoms with van der Waals surface area (Å²) in [4.78, 5) is 4.70. The average Bonchev–Trinajstić information content (AvgIpc) is 2.63. The zero-order valence-electron chi connectivity index (χ0n) is 15.4. The van der Waals surface area contributed by atoms with Crippen molar-refractivity contribution in [3.05, 3.63) is 59.1 Å². The summed E-state index contributed by atoms with van der Waals surface area (Å²) < 4.78 is 5.70. The molecule has 0 amide bonds. The number of ether oxygens (including phenoxy) is 1. The smallest absolute Gasteiger partial charge is 0.119 e. The van der Waals surface area contributed by atoms with Gasteiger partial charge in [-0.1, -0.05) is 29.3 Å². The number of aliphatic hydroxyl groups excluding tert-OH is 1. The van der Waals surface area contributed by atoms with Gasteiger partial charge in [-0.2, -0.15) is 0 Å². The quantitative estimate of drug-likeness (QED) is 0.838. The van der Waals surface area contributed by atoms with Crippen molar-refractivity contribution in [2.75, 3.05) is 37.7 Å². The van der Waals surface area contributed by atoms with Gasteiger partial charge in [-0.25, -0.2) is 0 Å². The molecule has 5 heteroatoms. The summed E-state index contributed by atoms with van der Waals surface area (Å²) in [5.74, 6) is 0.801. The predicted molar refractivity (Wildman–Crippen MR) is 107 cm³/mol. The van der Waals surface area contributed by atoms with Gasteiger partial charge < -0.3 is 14.7 Å². The fourth-order valence-corrected chi connectivity index (χ4v) is 3.43. The third-order valence-electron chi connectivity index (χ3n) is 4.87. The van der Waals surface area contributed by atoms with Crippen LogP contribution in [-0.4, -0.2) is 54.9 Å². The maximum Gasteiger partial charge on any atom is 0.119 e. The van der Waals surface area contributed by atoms with Crippen molar-refractivity contribution in [3.63, 3.8) is 0 Å². The highest BCUT2D eigenvalue weighted by Gasteiger charge is 2.25. The lowest BCUT2D eigenvalue weighted by Gasteiger charge is -2.41. The lowest BCUT2D eigenvalue weighted by atomic mass is 10.1. The fourth-order valence-electron chi connectivity index (χ4n) is 3.30. The molecular formula is C21H27ClN2O2. The first-order valence-corrected chi connectivity index (χ1v) is 9.51. The zero-order valence-corrected chi connectivity index (χ0v) is 16.2. The van der Waals surface area contributed by atoms with Gasteiger partial charge in [0, 0.05) is 42.9 Å². The summed E-state index contributed by atoms with van der Waals surface area (Å²) in [6, 6.07) is 16.3. The van der Waals surface area contributed by atoms with E-state index in [4.69, 9.17) is 16.3 Å². The van der Waals surface area contributed by atoms with Crippen LogP contribution >= 0.6 is 11.6 Å². The van der Waals surface area contributed by atoms with Crippen molar-refractivity contribution < 1.29 is 9.84 Å². The molecule has 26 heavy (non-hydrogen) atoms. The molecule has 1 heterocycles. The van der Waals surface area contributed by atoms with Gasteiger partial charge in [0.15, 0.2) is 0 Å². The second-order valence-electron chi connectivity index (χ2n) is 7.04. The number of rotatable bonds is 6. The topological polar surface area (TPSA) is 35.9 Å². The van der Waals surface area contributed by atoms with Crippen molar-refractivity contribution in [3.8, 4) is 5.75 Å². The number of halogens is 1. The Morgan fingerprint density at radius 3 is 2.46 bits per heavy atom. The van der Waals surface area contributed by atoms with E-state index < -0.39 is 6.10 Å². The summed E-state index contributed by atoms with van der Waals surface area (Å²) >= 11 is 5.97. The van der Waals surface area contributed by atoms with Crippen molar-refractivity contribution in [2.24, 2.45) is 0 Å². The van der Waals surface area contributed by atoms with E-state index >= 15 is 0 Å². The van der Waals surface area contributed by atoms with Crippen LogP contribution in [0, 0.1) is 6.92 Å². The van der Waals surface area contributed by atoms with E-state index in [1.54, 1.807) is 0 Å². The summed E-state index contributed by atoms with van der Waals surface area (Å²) in [6.07, 6.45) is -0.499. The van der Waals surface area contributed by atoms with Gasteiger partial charge in [-0.15, -0.1) is 0 Å². The molecular weight excluding hydrogens is 348 g/mol. The highest BCUT2D eigenvalue weighted by atomic mass is 35.5. The summed E-state index contributed by atoms with van der Waals surface area (Å²) in [7, 11) is 0. The minimum Gasteiger partial charge on any atom is -0.491 e. The highest BCUT2D eigenvalue weighted by molar-refractivity contribution is 6.30. The largest absolute Gasteiger partial charge is 0.491 e. The maximum absolute atomic E-state index is 10.4. The van der Waals surface area contributed by atoms with Crippen LogP contribution < -0.4 is 9.64 Å². The molecule has 2 atom stereocenters. The zero-order chi connectivity index (χ0) is 18.5. The maximum atomic E-state index is 10.4. The first-order valence-electron chi connectivity index (χ1n) is 9.13. The number of hydrogen-bond acceptors (Lipinski definition) is 4. The van der Waals surface area contributed by atoms with E-state index in [9.17, 15) is 5.11 Å². The summed E-state index contributed by atoms with van der Waals surface area (Å²) in [5, 5.41) is 11.1. The van der Waals surface area contributed by atoms with Gasteiger partial charge in [0.2, 0.25) is 0 Å². The predicted octanol–water partition coefficient (Wildman–Crippen LogP) is 3.60. The number of nitrogens with zero attached hydrogens (tertiary/aromatic N) is 2. The molecule has 0 bridgehead atoms. The lowest BCUT2D eigenvalue weighted by Crippen LogP contribution is -2.54. The highest BCUT2D eigenvalue weighted by Crippen LogP contribution is 2.21. The Kier molecular flexibility index (Phi) is 6.41. The Morgan fingerprint density at radius 1 is 1.12 bits per heavy atom. The Balaban J connectivity index is 1.46. The van der Waals surface area contributed by atoms with E-state index in [1.807, 2.05) is 43.3 Å². The molecule has 2 aromatic rings. The molecule has 0 saturated carbocycles. The lowest BCUT2D eigenvalue weighted by molar-refractivity contribution is 0.0512.